The van der Waals surface area contributed by atoms with Crippen LogP contribution in [0.15, 0.2) is 89.5 Å². The summed E-state index contributed by atoms with van der Waals surface area (Å²) in [6, 6.07) is 26.4. The monoisotopic (exact) mass is 535 g/mol. The second-order valence-electron chi connectivity index (χ2n) is 8.60. The zero-order valence-corrected chi connectivity index (χ0v) is 21.4. The van der Waals surface area contributed by atoms with E-state index in [-0.39, 0.29) is 19.0 Å². The van der Waals surface area contributed by atoms with Gasteiger partial charge in [-0.15, -0.1) is 0 Å². The minimum Gasteiger partial charge on any atom is -0.445 e. The highest BCUT2D eigenvalue weighted by Gasteiger charge is 2.22. The standard InChI is InChI=1S/C27H29N5O5S/c28-38(34,35)29-17-8-7-16-24(30-27(33)36-19-20-10-3-1-4-11-20)26-31-25(32-37-26)23-15-9-14-22(18-23)21-12-5-2-6-13-21/h1-6,9-15,18,24,29H,7-8,16-17,19H2,(H,30,33)(H2,28,34,35)/t24-/m0/s1. The molecule has 0 spiro atoms. The number of unbranched alkanes of at least 4 members (excludes halogenated alkanes) is 1. The van der Waals surface area contributed by atoms with Gasteiger partial charge in [-0.05, 0) is 42.0 Å². The Labute approximate surface area is 221 Å². The largest absolute Gasteiger partial charge is 0.445 e. The van der Waals surface area contributed by atoms with Gasteiger partial charge >= 0.3 is 6.09 Å². The predicted octanol–water partition coefficient (Wildman–Crippen LogP) is 4.33. The summed E-state index contributed by atoms with van der Waals surface area (Å²) in [4.78, 5) is 17.1. The van der Waals surface area contributed by atoms with Crippen molar-refractivity contribution in [2.45, 2.75) is 31.9 Å². The van der Waals surface area contributed by atoms with E-state index in [9.17, 15) is 13.2 Å². The van der Waals surface area contributed by atoms with Crippen LogP contribution >= 0.6 is 0 Å². The highest BCUT2D eigenvalue weighted by atomic mass is 32.2. The van der Waals surface area contributed by atoms with Crippen molar-refractivity contribution in [2.24, 2.45) is 5.14 Å². The number of nitrogens with two attached hydrogens (primary N) is 1. The Morgan fingerprint density at radius 1 is 0.921 bits per heavy atom. The van der Waals surface area contributed by atoms with E-state index < -0.39 is 22.3 Å². The van der Waals surface area contributed by atoms with Crippen LogP contribution in [0.1, 0.15) is 36.8 Å². The molecule has 0 fully saturated rings. The average molecular weight is 536 g/mol. The van der Waals surface area contributed by atoms with Gasteiger partial charge < -0.3 is 14.6 Å². The van der Waals surface area contributed by atoms with Gasteiger partial charge in [-0.1, -0.05) is 84.0 Å². The van der Waals surface area contributed by atoms with Crippen LogP contribution in [0.25, 0.3) is 22.5 Å². The Morgan fingerprint density at radius 2 is 1.61 bits per heavy atom. The van der Waals surface area contributed by atoms with Crippen molar-refractivity contribution in [1.82, 2.24) is 20.2 Å². The van der Waals surface area contributed by atoms with Gasteiger partial charge in [0.25, 0.3) is 10.2 Å². The molecule has 1 aromatic heterocycles. The fourth-order valence-corrected chi connectivity index (χ4v) is 4.24. The summed E-state index contributed by atoms with van der Waals surface area (Å²) in [7, 11) is -3.76. The highest BCUT2D eigenvalue weighted by Crippen LogP contribution is 2.26. The molecule has 0 aliphatic heterocycles. The van der Waals surface area contributed by atoms with Crippen LogP contribution in [0.5, 0.6) is 0 Å². The maximum atomic E-state index is 12.6. The molecular formula is C27H29N5O5S. The summed E-state index contributed by atoms with van der Waals surface area (Å²) in [6.45, 7) is 0.282. The molecule has 0 aliphatic carbocycles. The Bertz CT molecular complexity index is 1430. The first-order chi connectivity index (χ1) is 18.4. The highest BCUT2D eigenvalue weighted by molar-refractivity contribution is 7.87. The third-order valence-corrected chi connectivity index (χ3v) is 6.30. The fraction of sp³-hybridized carbons (Fsp3) is 0.222. The summed E-state index contributed by atoms with van der Waals surface area (Å²) in [6.07, 6.45) is 0.826. The Hall–Kier alpha value is -4.06. The molecule has 1 atom stereocenters. The normalized spacial score (nSPS) is 12.1. The molecule has 198 valence electrons. The van der Waals surface area contributed by atoms with Gasteiger partial charge in [-0.2, -0.15) is 13.4 Å². The summed E-state index contributed by atoms with van der Waals surface area (Å²) in [5.74, 6) is 0.610. The molecule has 11 heteroatoms. The number of carbonyl (C=O) groups excluding carboxylic acids is 1. The summed E-state index contributed by atoms with van der Waals surface area (Å²) in [5.41, 5.74) is 3.69. The smallest absolute Gasteiger partial charge is 0.408 e. The van der Waals surface area contributed by atoms with Gasteiger partial charge in [0, 0.05) is 12.1 Å². The molecule has 1 amide bonds. The average Bonchev–Trinajstić information content (AvgIpc) is 3.42. The van der Waals surface area contributed by atoms with Crippen molar-refractivity contribution >= 4 is 16.3 Å². The van der Waals surface area contributed by atoms with Crippen molar-refractivity contribution < 1.29 is 22.5 Å². The number of rotatable bonds is 12. The third kappa shape index (κ3) is 8.23. The molecule has 38 heavy (non-hydrogen) atoms. The van der Waals surface area contributed by atoms with E-state index in [0.717, 1.165) is 22.3 Å². The predicted molar refractivity (Wildman–Crippen MR) is 143 cm³/mol. The number of aromatic nitrogens is 2. The molecule has 4 aromatic rings. The van der Waals surface area contributed by atoms with Gasteiger partial charge in [-0.3, -0.25) is 0 Å². The number of benzene rings is 3. The lowest BCUT2D eigenvalue weighted by molar-refractivity contribution is 0.132. The van der Waals surface area contributed by atoms with E-state index in [1.165, 1.54) is 0 Å². The number of ether oxygens (including phenoxy) is 1. The molecule has 10 nitrogen and oxygen atoms in total. The zero-order chi connectivity index (χ0) is 26.8. The van der Waals surface area contributed by atoms with E-state index in [2.05, 4.69) is 20.2 Å². The maximum Gasteiger partial charge on any atom is 0.408 e. The number of hydrogen-bond acceptors (Lipinski definition) is 7. The summed E-state index contributed by atoms with van der Waals surface area (Å²) >= 11 is 0. The second kappa shape index (κ2) is 13.0. The molecule has 0 saturated heterocycles. The Kier molecular flexibility index (Phi) is 9.20. The number of amides is 1. The maximum absolute atomic E-state index is 12.6. The number of nitrogens with one attached hydrogen (secondary N) is 2. The van der Waals surface area contributed by atoms with Gasteiger partial charge in [0.05, 0.1) is 0 Å². The first kappa shape index (κ1) is 27.0. The van der Waals surface area contributed by atoms with Crippen molar-refractivity contribution in [1.29, 1.82) is 0 Å². The number of hydrogen-bond donors (Lipinski definition) is 3. The Morgan fingerprint density at radius 3 is 2.34 bits per heavy atom. The van der Waals surface area contributed by atoms with E-state index in [1.54, 1.807) is 0 Å². The SMILES string of the molecule is NS(=O)(=O)NCCCC[C@H](NC(=O)OCc1ccccc1)c1nc(-c2cccc(-c3ccccc3)c2)no1. The van der Waals surface area contributed by atoms with Gasteiger partial charge in [0.2, 0.25) is 11.7 Å². The lowest BCUT2D eigenvalue weighted by atomic mass is 10.0. The number of alkyl carbamates (subject to hydrolysis) is 1. The minimum atomic E-state index is -3.76. The van der Waals surface area contributed by atoms with Crippen LogP contribution in [0.2, 0.25) is 0 Å². The van der Waals surface area contributed by atoms with Crippen molar-refractivity contribution in [3.05, 3.63) is 96.4 Å². The minimum absolute atomic E-state index is 0.110. The quantitative estimate of drug-likeness (QED) is 0.229. The molecule has 0 bridgehead atoms. The molecular weight excluding hydrogens is 506 g/mol. The molecule has 4 N–H and O–H groups in total. The molecule has 0 aliphatic rings. The zero-order valence-electron chi connectivity index (χ0n) is 20.6. The van der Waals surface area contributed by atoms with Crippen molar-refractivity contribution in [2.75, 3.05) is 6.54 Å². The molecule has 0 unspecified atom stereocenters. The second-order valence-corrected chi connectivity index (χ2v) is 9.98. The lowest BCUT2D eigenvalue weighted by Gasteiger charge is -2.15. The number of nitrogens with zero attached hydrogens (tertiary/aromatic N) is 2. The van der Waals surface area contributed by atoms with Crippen LogP contribution in [0, 0.1) is 0 Å². The van der Waals surface area contributed by atoms with Crippen LogP contribution < -0.4 is 15.2 Å². The van der Waals surface area contributed by atoms with E-state index >= 15 is 0 Å². The van der Waals surface area contributed by atoms with Crippen LogP contribution in [0.3, 0.4) is 0 Å². The van der Waals surface area contributed by atoms with Crippen LogP contribution in [-0.2, 0) is 21.6 Å². The van der Waals surface area contributed by atoms with Crippen molar-refractivity contribution in [3.8, 4) is 22.5 Å². The fourth-order valence-electron chi connectivity index (χ4n) is 3.81. The topological polar surface area (TPSA) is 149 Å². The van der Waals surface area contributed by atoms with E-state index in [1.807, 2.05) is 84.9 Å². The van der Waals surface area contributed by atoms with Gasteiger partial charge in [0.1, 0.15) is 12.6 Å². The lowest BCUT2D eigenvalue weighted by Crippen LogP contribution is -2.32. The molecule has 4 rings (SSSR count). The first-order valence-corrected chi connectivity index (χ1v) is 13.7. The first-order valence-electron chi connectivity index (χ1n) is 12.1. The van der Waals surface area contributed by atoms with E-state index in [4.69, 9.17) is 14.4 Å². The molecule has 0 radical (unpaired) electrons. The summed E-state index contributed by atoms with van der Waals surface area (Å²) < 4.78 is 35.3. The van der Waals surface area contributed by atoms with Gasteiger partial charge in [0.15, 0.2) is 0 Å². The Balaban J connectivity index is 1.45. The van der Waals surface area contributed by atoms with Crippen molar-refractivity contribution in [3.63, 3.8) is 0 Å². The molecule has 1 heterocycles. The summed E-state index contributed by atoms with van der Waals surface area (Å²) in [5, 5.41) is 11.9. The third-order valence-electron chi connectivity index (χ3n) is 5.70. The van der Waals surface area contributed by atoms with Crippen LogP contribution in [-0.4, -0.2) is 31.2 Å². The van der Waals surface area contributed by atoms with Gasteiger partial charge in [-0.25, -0.2) is 14.7 Å². The molecule has 3 aromatic carbocycles. The number of carbonyl (C=O) groups is 1. The van der Waals surface area contributed by atoms with E-state index in [0.29, 0.717) is 25.1 Å². The molecule has 0 saturated carbocycles. The van der Waals surface area contributed by atoms with Crippen LogP contribution in [0.4, 0.5) is 4.79 Å².